The zero-order valence-corrected chi connectivity index (χ0v) is 9.12. The van der Waals surface area contributed by atoms with Crippen molar-refractivity contribution in [2.24, 2.45) is 0 Å². The molecule has 3 heteroatoms. The van der Waals surface area contributed by atoms with Gasteiger partial charge in [-0.15, -0.1) is 0 Å². The van der Waals surface area contributed by atoms with E-state index < -0.39 is 0 Å². The lowest BCUT2D eigenvalue weighted by atomic mass is 10.1. The highest BCUT2D eigenvalue weighted by Gasteiger charge is 2.20. The van der Waals surface area contributed by atoms with E-state index >= 15 is 0 Å². The molecule has 0 fully saturated rings. The molecule has 0 N–H and O–H groups in total. The zero-order chi connectivity index (χ0) is 8.91. The van der Waals surface area contributed by atoms with Crippen LogP contribution in [0, 0.1) is 0 Å². The number of hydrogen-bond acceptors (Lipinski definition) is 1. The van der Waals surface area contributed by atoms with Crippen LogP contribution in [0.1, 0.15) is 20.3 Å². The molecular formula is C8H17BrFN. The van der Waals surface area contributed by atoms with Gasteiger partial charge in [-0.2, -0.15) is 0 Å². The van der Waals surface area contributed by atoms with Crippen LogP contribution >= 0.6 is 15.9 Å². The molecule has 0 amide bonds. The van der Waals surface area contributed by atoms with E-state index in [0.717, 1.165) is 11.9 Å². The Kier molecular flexibility index (Phi) is 5.26. The number of nitrogens with zero attached hydrogens (tertiary/aromatic N) is 1. The molecule has 0 spiro atoms. The van der Waals surface area contributed by atoms with Crippen LogP contribution in [0.25, 0.3) is 0 Å². The maximum atomic E-state index is 11.8. The van der Waals surface area contributed by atoms with Gasteiger partial charge < -0.3 is 4.90 Å². The third-order valence-corrected chi connectivity index (χ3v) is 3.36. The summed E-state index contributed by atoms with van der Waals surface area (Å²) in [6.07, 6.45) is 0.632. The van der Waals surface area contributed by atoms with Crippen molar-refractivity contribution < 1.29 is 4.39 Å². The first-order chi connectivity index (χ1) is 5.04. The molecule has 0 radical (unpaired) electrons. The molecule has 0 aliphatic rings. The first-order valence-corrected chi connectivity index (χ1v) is 5.00. The van der Waals surface area contributed by atoms with Gasteiger partial charge in [0.25, 0.3) is 0 Å². The van der Waals surface area contributed by atoms with Crippen LogP contribution in [0.4, 0.5) is 4.39 Å². The number of alkyl halides is 2. The van der Waals surface area contributed by atoms with Gasteiger partial charge in [0.15, 0.2) is 0 Å². The van der Waals surface area contributed by atoms with Crippen LogP contribution in [-0.4, -0.2) is 36.0 Å². The van der Waals surface area contributed by atoms with Gasteiger partial charge in [0, 0.05) is 17.4 Å². The maximum Gasteiger partial charge on any atom is 0.0906 e. The molecule has 11 heavy (non-hydrogen) atoms. The quantitative estimate of drug-likeness (QED) is 0.651. The lowest BCUT2D eigenvalue weighted by Gasteiger charge is -2.33. The van der Waals surface area contributed by atoms with Crippen molar-refractivity contribution in [2.45, 2.75) is 25.8 Å². The fourth-order valence-corrected chi connectivity index (χ4v) is 1.13. The van der Waals surface area contributed by atoms with Crippen molar-refractivity contribution >= 4 is 15.9 Å². The summed E-state index contributed by atoms with van der Waals surface area (Å²) in [6, 6.07) is 0. The Morgan fingerprint density at radius 3 is 2.36 bits per heavy atom. The Bertz CT molecular complexity index is 106. The highest BCUT2D eigenvalue weighted by atomic mass is 79.9. The average Bonchev–Trinajstić information content (AvgIpc) is 2.00. The number of halogens is 2. The molecule has 0 aliphatic heterocycles. The van der Waals surface area contributed by atoms with Crippen LogP contribution in [0.15, 0.2) is 0 Å². The normalized spacial score (nSPS) is 12.5. The Morgan fingerprint density at radius 1 is 1.45 bits per heavy atom. The Hall–Kier alpha value is 0.370. The van der Waals surface area contributed by atoms with E-state index in [-0.39, 0.29) is 12.2 Å². The van der Waals surface area contributed by atoms with Crippen molar-refractivity contribution in [1.29, 1.82) is 0 Å². The van der Waals surface area contributed by atoms with Gasteiger partial charge >= 0.3 is 0 Å². The van der Waals surface area contributed by atoms with Gasteiger partial charge in [-0.1, -0.05) is 15.9 Å². The lowest BCUT2D eigenvalue weighted by Crippen LogP contribution is -2.43. The van der Waals surface area contributed by atoms with Crippen LogP contribution in [-0.2, 0) is 0 Å². The van der Waals surface area contributed by atoms with E-state index in [9.17, 15) is 4.39 Å². The standard InChI is InChI=1S/C8H17BrFN/c1-8(2,7-9)11(3)6-4-5-10/h4-7H2,1-3H3. The van der Waals surface area contributed by atoms with Gasteiger partial charge in [0.2, 0.25) is 0 Å². The second-order valence-electron chi connectivity index (χ2n) is 3.41. The summed E-state index contributed by atoms with van der Waals surface area (Å²) in [6.45, 7) is 4.89. The highest BCUT2D eigenvalue weighted by molar-refractivity contribution is 9.09. The van der Waals surface area contributed by atoms with E-state index in [1.54, 1.807) is 0 Å². The van der Waals surface area contributed by atoms with Crippen molar-refractivity contribution in [3.05, 3.63) is 0 Å². The Balaban J connectivity index is 3.71. The minimum Gasteiger partial charge on any atom is -0.300 e. The third-order valence-electron chi connectivity index (χ3n) is 1.99. The third kappa shape index (κ3) is 4.06. The summed E-state index contributed by atoms with van der Waals surface area (Å²) in [5.41, 5.74) is 0.134. The molecule has 0 saturated carbocycles. The van der Waals surface area contributed by atoms with Gasteiger partial charge in [0.05, 0.1) is 6.67 Å². The van der Waals surface area contributed by atoms with E-state index in [2.05, 4.69) is 34.7 Å². The van der Waals surface area contributed by atoms with Gasteiger partial charge in [-0.25, -0.2) is 0 Å². The summed E-state index contributed by atoms with van der Waals surface area (Å²) in [7, 11) is 2.02. The largest absolute Gasteiger partial charge is 0.300 e. The predicted octanol–water partition coefficient (Wildman–Crippen LogP) is 2.45. The second kappa shape index (κ2) is 5.09. The van der Waals surface area contributed by atoms with Crippen LogP contribution < -0.4 is 0 Å². The average molecular weight is 226 g/mol. The Labute approximate surface area is 77.1 Å². The molecule has 68 valence electrons. The summed E-state index contributed by atoms with van der Waals surface area (Å²) < 4.78 is 11.8. The van der Waals surface area contributed by atoms with Gasteiger partial charge in [-0.3, -0.25) is 4.39 Å². The molecule has 0 aliphatic carbocycles. The lowest BCUT2D eigenvalue weighted by molar-refractivity contribution is 0.175. The first kappa shape index (κ1) is 11.4. The van der Waals surface area contributed by atoms with Crippen LogP contribution in [0.5, 0.6) is 0 Å². The molecule has 0 heterocycles. The molecule has 0 unspecified atom stereocenters. The van der Waals surface area contributed by atoms with Crippen molar-refractivity contribution in [1.82, 2.24) is 4.90 Å². The molecular weight excluding hydrogens is 209 g/mol. The first-order valence-electron chi connectivity index (χ1n) is 3.88. The number of rotatable bonds is 5. The zero-order valence-electron chi connectivity index (χ0n) is 7.53. The minimum absolute atomic E-state index is 0.134. The Morgan fingerprint density at radius 2 is 2.00 bits per heavy atom. The summed E-state index contributed by atoms with van der Waals surface area (Å²) >= 11 is 3.43. The maximum absolute atomic E-state index is 11.8. The van der Waals surface area contributed by atoms with E-state index in [1.165, 1.54) is 0 Å². The van der Waals surface area contributed by atoms with E-state index in [0.29, 0.717) is 6.42 Å². The topological polar surface area (TPSA) is 3.24 Å². The molecule has 1 nitrogen and oxygen atoms in total. The molecule has 0 rings (SSSR count). The van der Waals surface area contributed by atoms with Crippen molar-refractivity contribution in [2.75, 3.05) is 25.6 Å². The monoisotopic (exact) mass is 225 g/mol. The van der Waals surface area contributed by atoms with Crippen LogP contribution in [0.2, 0.25) is 0 Å². The van der Waals surface area contributed by atoms with E-state index in [4.69, 9.17) is 0 Å². The SMILES string of the molecule is CN(CCCF)C(C)(C)CBr. The van der Waals surface area contributed by atoms with E-state index in [1.807, 2.05) is 7.05 Å². The van der Waals surface area contributed by atoms with Crippen molar-refractivity contribution in [3.8, 4) is 0 Å². The number of hydrogen-bond donors (Lipinski definition) is 0. The summed E-state index contributed by atoms with van der Waals surface area (Å²) in [5.74, 6) is 0. The van der Waals surface area contributed by atoms with Gasteiger partial charge in [0.1, 0.15) is 0 Å². The minimum atomic E-state index is -0.220. The van der Waals surface area contributed by atoms with Crippen molar-refractivity contribution in [3.63, 3.8) is 0 Å². The van der Waals surface area contributed by atoms with Gasteiger partial charge in [-0.05, 0) is 27.3 Å². The molecule has 0 aromatic carbocycles. The molecule has 0 aromatic heterocycles. The fourth-order valence-electron chi connectivity index (χ4n) is 0.702. The predicted molar refractivity (Wildman–Crippen MR) is 51.1 cm³/mol. The fraction of sp³-hybridized carbons (Fsp3) is 1.00. The molecule has 0 saturated heterocycles. The summed E-state index contributed by atoms with van der Waals surface area (Å²) in [5, 5.41) is 0.919. The second-order valence-corrected chi connectivity index (χ2v) is 3.97. The molecule has 0 atom stereocenters. The smallest absolute Gasteiger partial charge is 0.0906 e. The summed E-state index contributed by atoms with van der Waals surface area (Å²) in [4.78, 5) is 2.17. The van der Waals surface area contributed by atoms with Crippen LogP contribution in [0.3, 0.4) is 0 Å². The highest BCUT2D eigenvalue weighted by Crippen LogP contribution is 2.14. The molecule has 0 bridgehead atoms. The molecule has 0 aromatic rings.